The van der Waals surface area contributed by atoms with E-state index in [0.717, 1.165) is 16.7 Å². The molecule has 92 valence electrons. The Morgan fingerprint density at radius 2 is 2.28 bits per heavy atom. The molecule has 0 aliphatic rings. The first kappa shape index (κ1) is 11.2. The molecule has 0 saturated carbocycles. The van der Waals surface area contributed by atoms with Crippen LogP contribution in [0.1, 0.15) is 5.69 Å². The Morgan fingerprint density at radius 1 is 1.39 bits per heavy atom. The highest BCUT2D eigenvalue weighted by Gasteiger charge is 2.08. The highest BCUT2D eigenvalue weighted by Crippen LogP contribution is 2.19. The predicted molar refractivity (Wildman–Crippen MR) is 70.1 cm³/mol. The Bertz CT molecular complexity index is 675. The van der Waals surface area contributed by atoms with E-state index in [1.807, 2.05) is 23.1 Å². The quantitative estimate of drug-likeness (QED) is 0.789. The molecule has 6 heteroatoms. The van der Waals surface area contributed by atoms with Crippen molar-refractivity contribution in [2.45, 2.75) is 6.54 Å². The zero-order valence-corrected chi connectivity index (χ0v) is 10.5. The van der Waals surface area contributed by atoms with Crippen molar-refractivity contribution in [3.8, 4) is 0 Å². The number of hydrogen-bond donors (Lipinski definition) is 1. The van der Waals surface area contributed by atoms with Gasteiger partial charge >= 0.3 is 0 Å². The Hall–Kier alpha value is -1.95. The number of benzene rings is 1. The van der Waals surface area contributed by atoms with Crippen LogP contribution >= 0.6 is 11.5 Å². The Morgan fingerprint density at radius 3 is 3.06 bits per heavy atom. The maximum atomic E-state index is 13.2. The highest BCUT2D eigenvalue weighted by atomic mass is 32.1. The first-order chi connectivity index (χ1) is 8.74. The zero-order valence-electron chi connectivity index (χ0n) is 9.72. The van der Waals surface area contributed by atoms with Gasteiger partial charge < -0.3 is 9.88 Å². The van der Waals surface area contributed by atoms with Crippen molar-refractivity contribution in [3.05, 3.63) is 41.2 Å². The van der Waals surface area contributed by atoms with E-state index in [1.165, 1.54) is 23.7 Å². The molecule has 4 nitrogen and oxygen atoms in total. The second-order valence-electron chi connectivity index (χ2n) is 3.97. The van der Waals surface area contributed by atoms with Crippen molar-refractivity contribution >= 4 is 28.5 Å². The van der Waals surface area contributed by atoms with Gasteiger partial charge in [-0.25, -0.2) is 9.37 Å². The number of aryl methyl sites for hydroxylation is 1. The van der Waals surface area contributed by atoms with Gasteiger partial charge in [-0.3, -0.25) is 0 Å². The lowest BCUT2D eigenvalue weighted by molar-refractivity contribution is 0.629. The number of anilines is 1. The number of hydrogen-bond acceptors (Lipinski definition) is 4. The van der Waals surface area contributed by atoms with Gasteiger partial charge in [0.05, 0.1) is 23.3 Å². The van der Waals surface area contributed by atoms with Crippen molar-refractivity contribution in [2.75, 3.05) is 5.32 Å². The molecule has 0 aliphatic heterocycles. The molecule has 0 radical (unpaired) electrons. The van der Waals surface area contributed by atoms with Crippen LogP contribution < -0.4 is 5.32 Å². The highest BCUT2D eigenvalue weighted by molar-refractivity contribution is 7.03. The molecule has 0 saturated heterocycles. The van der Waals surface area contributed by atoms with Gasteiger partial charge in [0.1, 0.15) is 5.82 Å². The van der Waals surface area contributed by atoms with Crippen molar-refractivity contribution in [3.63, 3.8) is 0 Å². The first-order valence-corrected chi connectivity index (χ1v) is 6.33. The number of aromatic nitrogens is 3. The number of fused-ring (bicyclic) bond motifs is 1. The van der Waals surface area contributed by atoms with Crippen molar-refractivity contribution in [1.82, 2.24) is 13.9 Å². The molecule has 2 heterocycles. The predicted octanol–water partition coefficient (Wildman–Crippen LogP) is 2.78. The number of rotatable bonds is 3. The van der Waals surface area contributed by atoms with E-state index >= 15 is 0 Å². The molecule has 0 atom stereocenters. The Balaban J connectivity index is 1.90. The minimum Gasteiger partial charge on any atom is -0.350 e. The van der Waals surface area contributed by atoms with Crippen molar-refractivity contribution < 1.29 is 4.39 Å². The summed E-state index contributed by atoms with van der Waals surface area (Å²) in [5.74, 6) is 0.458. The molecule has 3 rings (SSSR count). The summed E-state index contributed by atoms with van der Waals surface area (Å²) in [5.41, 5.74) is 2.52. The summed E-state index contributed by atoms with van der Waals surface area (Å²) in [6.07, 6.45) is 0. The molecular formula is C12H11FN4S. The Labute approximate surface area is 107 Å². The number of imidazole rings is 1. The van der Waals surface area contributed by atoms with E-state index in [2.05, 4.69) is 14.7 Å². The van der Waals surface area contributed by atoms with Gasteiger partial charge in [-0.2, -0.15) is 4.37 Å². The van der Waals surface area contributed by atoms with Gasteiger partial charge in [0.25, 0.3) is 0 Å². The number of nitrogens with zero attached hydrogens (tertiary/aromatic N) is 3. The van der Waals surface area contributed by atoms with Crippen LogP contribution in [0.4, 0.5) is 10.3 Å². The monoisotopic (exact) mass is 262 g/mol. The fraction of sp³-hybridized carbons (Fsp3) is 0.167. The first-order valence-electron chi connectivity index (χ1n) is 5.49. The molecule has 0 fully saturated rings. The second-order valence-corrected chi connectivity index (χ2v) is 4.64. The largest absolute Gasteiger partial charge is 0.350 e. The number of halogens is 1. The lowest BCUT2D eigenvalue weighted by Gasteiger charge is -2.03. The molecule has 0 amide bonds. The van der Waals surface area contributed by atoms with E-state index in [0.29, 0.717) is 12.5 Å². The minimum absolute atomic E-state index is 0.253. The summed E-state index contributed by atoms with van der Waals surface area (Å²) in [6.45, 7) is 0.614. The van der Waals surface area contributed by atoms with E-state index in [4.69, 9.17) is 0 Å². The molecule has 18 heavy (non-hydrogen) atoms. The molecule has 0 aliphatic carbocycles. The summed E-state index contributed by atoms with van der Waals surface area (Å²) < 4.78 is 19.2. The topological polar surface area (TPSA) is 42.7 Å². The van der Waals surface area contributed by atoms with Gasteiger partial charge in [-0.1, -0.05) is 0 Å². The summed E-state index contributed by atoms with van der Waals surface area (Å²) in [5, 5.41) is 5.13. The van der Waals surface area contributed by atoms with E-state index in [1.54, 1.807) is 6.07 Å². The van der Waals surface area contributed by atoms with Crippen LogP contribution in [-0.2, 0) is 13.6 Å². The van der Waals surface area contributed by atoms with Gasteiger partial charge in [0.2, 0.25) is 5.95 Å². The fourth-order valence-electron chi connectivity index (χ4n) is 1.82. The molecule has 1 N–H and O–H groups in total. The SMILES string of the molecule is Cn1c(NCc2ccsn2)nc2ccc(F)cc21. The lowest BCUT2D eigenvalue weighted by Crippen LogP contribution is -2.04. The summed E-state index contributed by atoms with van der Waals surface area (Å²) >= 11 is 1.42. The summed E-state index contributed by atoms with van der Waals surface area (Å²) in [6, 6.07) is 6.54. The molecule has 2 aromatic heterocycles. The van der Waals surface area contributed by atoms with Gasteiger partial charge in [-0.15, -0.1) is 0 Å². The smallest absolute Gasteiger partial charge is 0.203 e. The molecule has 3 aromatic rings. The van der Waals surface area contributed by atoms with E-state index in [9.17, 15) is 4.39 Å². The average Bonchev–Trinajstić information content (AvgIpc) is 2.97. The minimum atomic E-state index is -0.253. The van der Waals surface area contributed by atoms with Crippen LogP contribution in [0.5, 0.6) is 0 Å². The Kier molecular flexibility index (Phi) is 2.71. The van der Waals surface area contributed by atoms with Crippen LogP contribution in [0.25, 0.3) is 11.0 Å². The summed E-state index contributed by atoms with van der Waals surface area (Å²) in [4.78, 5) is 4.41. The van der Waals surface area contributed by atoms with Crippen LogP contribution in [0.3, 0.4) is 0 Å². The van der Waals surface area contributed by atoms with Crippen LogP contribution in [0.2, 0.25) is 0 Å². The summed E-state index contributed by atoms with van der Waals surface area (Å²) in [7, 11) is 1.86. The van der Waals surface area contributed by atoms with E-state index < -0.39 is 0 Å². The number of nitrogens with one attached hydrogen (secondary N) is 1. The molecule has 1 aromatic carbocycles. The van der Waals surface area contributed by atoms with Crippen molar-refractivity contribution in [2.24, 2.45) is 7.05 Å². The van der Waals surface area contributed by atoms with Crippen LogP contribution in [-0.4, -0.2) is 13.9 Å². The van der Waals surface area contributed by atoms with Gasteiger partial charge in [0, 0.05) is 12.4 Å². The third kappa shape index (κ3) is 1.95. The van der Waals surface area contributed by atoms with Crippen molar-refractivity contribution in [1.29, 1.82) is 0 Å². The van der Waals surface area contributed by atoms with E-state index in [-0.39, 0.29) is 5.82 Å². The molecule has 0 spiro atoms. The second kappa shape index (κ2) is 4.38. The maximum absolute atomic E-state index is 13.2. The van der Waals surface area contributed by atoms with Gasteiger partial charge in [0.15, 0.2) is 0 Å². The molecule has 0 bridgehead atoms. The van der Waals surface area contributed by atoms with Crippen LogP contribution in [0, 0.1) is 5.82 Å². The average molecular weight is 262 g/mol. The third-order valence-corrected chi connectivity index (χ3v) is 3.36. The zero-order chi connectivity index (χ0) is 12.5. The normalized spacial score (nSPS) is 11.0. The maximum Gasteiger partial charge on any atom is 0.203 e. The van der Waals surface area contributed by atoms with Gasteiger partial charge in [-0.05, 0) is 35.8 Å². The van der Waals surface area contributed by atoms with Crippen LogP contribution in [0.15, 0.2) is 29.6 Å². The standard InChI is InChI=1S/C12H11FN4S/c1-17-11-6-8(13)2-3-10(11)15-12(17)14-7-9-4-5-18-16-9/h2-6H,7H2,1H3,(H,14,15). The lowest BCUT2D eigenvalue weighted by atomic mass is 10.3. The fourth-order valence-corrected chi connectivity index (χ4v) is 2.36. The third-order valence-electron chi connectivity index (χ3n) is 2.76. The molecular weight excluding hydrogens is 251 g/mol. The molecule has 0 unspecified atom stereocenters.